The highest BCUT2D eigenvalue weighted by atomic mass is 16.5. The number of furan rings is 1. The molecule has 6 heteroatoms. The smallest absolute Gasteiger partial charge is 0.311 e. The van der Waals surface area contributed by atoms with Crippen molar-refractivity contribution in [1.82, 2.24) is 0 Å². The largest absolute Gasteiger partial charge is 0.497 e. The van der Waals surface area contributed by atoms with Crippen LogP contribution in [-0.4, -0.2) is 25.1 Å². The van der Waals surface area contributed by atoms with Gasteiger partial charge in [-0.05, 0) is 43.7 Å². The first-order chi connectivity index (χ1) is 13.0. The summed E-state index contributed by atoms with van der Waals surface area (Å²) in [6.07, 6.45) is 0.626. The van der Waals surface area contributed by atoms with E-state index in [1.807, 2.05) is 31.2 Å². The first-order valence-corrected chi connectivity index (χ1v) is 8.57. The van der Waals surface area contributed by atoms with Crippen molar-refractivity contribution >= 4 is 28.5 Å². The summed E-state index contributed by atoms with van der Waals surface area (Å²) in [6.45, 7) is 3.48. The van der Waals surface area contributed by atoms with Crippen LogP contribution in [0.15, 0.2) is 53.1 Å². The van der Waals surface area contributed by atoms with Gasteiger partial charge >= 0.3 is 5.97 Å². The third-order valence-electron chi connectivity index (χ3n) is 4.16. The Balaban J connectivity index is 1.61. The summed E-state index contributed by atoms with van der Waals surface area (Å²) in [6, 6.07) is 12.8. The van der Waals surface area contributed by atoms with Crippen molar-refractivity contribution in [2.75, 3.05) is 12.4 Å². The Morgan fingerprint density at radius 2 is 2.00 bits per heavy atom. The van der Waals surface area contributed by atoms with Crippen LogP contribution in [0.25, 0.3) is 11.0 Å². The van der Waals surface area contributed by atoms with Gasteiger partial charge in [0, 0.05) is 22.7 Å². The second kappa shape index (κ2) is 7.95. The second-order valence-corrected chi connectivity index (χ2v) is 6.29. The van der Waals surface area contributed by atoms with Crippen LogP contribution in [0.4, 0.5) is 5.69 Å². The molecule has 27 heavy (non-hydrogen) atoms. The van der Waals surface area contributed by atoms with Gasteiger partial charge in [0.25, 0.3) is 5.91 Å². The number of hydrogen-bond acceptors (Lipinski definition) is 5. The lowest BCUT2D eigenvalue weighted by atomic mass is 10.1. The van der Waals surface area contributed by atoms with Crippen molar-refractivity contribution < 1.29 is 23.5 Å². The number of esters is 1. The standard InChI is InChI=1S/C21H21NO5/c1-13-5-4-6-16(9-13)22-21(24)14(2)27-20(23)10-15-12-26-19-11-17(25-3)7-8-18(15)19/h4-9,11-12,14H,10H2,1-3H3,(H,22,24)/t14-/m1/s1. The van der Waals surface area contributed by atoms with Gasteiger partial charge in [-0.3, -0.25) is 9.59 Å². The molecule has 1 heterocycles. The third-order valence-corrected chi connectivity index (χ3v) is 4.16. The van der Waals surface area contributed by atoms with E-state index >= 15 is 0 Å². The summed E-state index contributed by atoms with van der Waals surface area (Å²) in [5, 5.41) is 3.55. The zero-order valence-electron chi connectivity index (χ0n) is 15.4. The molecule has 1 N–H and O–H groups in total. The molecule has 1 aromatic heterocycles. The first kappa shape index (κ1) is 18.5. The Hall–Kier alpha value is -3.28. The van der Waals surface area contributed by atoms with Gasteiger partial charge in [-0.25, -0.2) is 0 Å². The Morgan fingerprint density at radius 3 is 2.74 bits per heavy atom. The molecular weight excluding hydrogens is 346 g/mol. The minimum atomic E-state index is -0.906. The molecular formula is C21H21NO5. The summed E-state index contributed by atoms with van der Waals surface area (Å²) in [5.41, 5.74) is 3.02. The van der Waals surface area contributed by atoms with E-state index in [4.69, 9.17) is 13.9 Å². The molecule has 0 bridgehead atoms. The van der Waals surface area contributed by atoms with E-state index in [-0.39, 0.29) is 12.3 Å². The van der Waals surface area contributed by atoms with E-state index in [9.17, 15) is 9.59 Å². The molecule has 0 fully saturated rings. The summed E-state index contributed by atoms with van der Waals surface area (Å²) < 4.78 is 15.9. The summed E-state index contributed by atoms with van der Waals surface area (Å²) >= 11 is 0. The molecule has 0 unspecified atom stereocenters. The monoisotopic (exact) mass is 367 g/mol. The molecule has 0 saturated carbocycles. The average molecular weight is 367 g/mol. The van der Waals surface area contributed by atoms with Crippen LogP contribution in [0.1, 0.15) is 18.1 Å². The van der Waals surface area contributed by atoms with E-state index < -0.39 is 12.1 Å². The number of carbonyl (C=O) groups is 2. The number of anilines is 1. The summed E-state index contributed by atoms with van der Waals surface area (Å²) in [7, 11) is 1.57. The number of aryl methyl sites for hydroxylation is 1. The fraction of sp³-hybridized carbons (Fsp3) is 0.238. The Morgan fingerprint density at radius 1 is 1.19 bits per heavy atom. The van der Waals surface area contributed by atoms with E-state index in [1.54, 1.807) is 32.2 Å². The zero-order valence-corrected chi connectivity index (χ0v) is 15.4. The van der Waals surface area contributed by atoms with Gasteiger partial charge in [-0.2, -0.15) is 0 Å². The minimum Gasteiger partial charge on any atom is -0.497 e. The number of methoxy groups -OCH3 is 1. The fourth-order valence-electron chi connectivity index (χ4n) is 2.74. The van der Waals surface area contributed by atoms with Crippen LogP contribution in [0.2, 0.25) is 0 Å². The SMILES string of the molecule is COc1ccc2c(CC(=O)O[C@H](C)C(=O)Nc3cccc(C)c3)coc2c1. The van der Waals surface area contributed by atoms with Gasteiger partial charge in [-0.15, -0.1) is 0 Å². The van der Waals surface area contributed by atoms with Gasteiger partial charge in [0.05, 0.1) is 19.8 Å². The number of fused-ring (bicyclic) bond motifs is 1. The highest BCUT2D eigenvalue weighted by Gasteiger charge is 2.19. The van der Waals surface area contributed by atoms with Crippen molar-refractivity contribution in [2.24, 2.45) is 0 Å². The summed E-state index contributed by atoms with van der Waals surface area (Å²) in [5.74, 6) is -0.205. The number of carbonyl (C=O) groups excluding carboxylic acids is 2. The number of benzene rings is 2. The maximum Gasteiger partial charge on any atom is 0.311 e. The highest BCUT2D eigenvalue weighted by molar-refractivity contribution is 5.95. The first-order valence-electron chi connectivity index (χ1n) is 8.57. The van der Waals surface area contributed by atoms with Gasteiger partial charge in [0.2, 0.25) is 0 Å². The molecule has 3 rings (SSSR count). The predicted molar refractivity (Wildman–Crippen MR) is 102 cm³/mol. The molecule has 140 valence electrons. The van der Waals surface area contributed by atoms with Crippen molar-refractivity contribution in [3.05, 3.63) is 59.9 Å². The lowest BCUT2D eigenvalue weighted by Crippen LogP contribution is -2.30. The van der Waals surface area contributed by atoms with Crippen molar-refractivity contribution in [3.63, 3.8) is 0 Å². The number of ether oxygens (including phenoxy) is 2. The van der Waals surface area contributed by atoms with Gasteiger partial charge in [-0.1, -0.05) is 12.1 Å². The maximum atomic E-state index is 12.2. The van der Waals surface area contributed by atoms with Crippen molar-refractivity contribution in [2.45, 2.75) is 26.4 Å². The Kier molecular flexibility index (Phi) is 5.45. The van der Waals surface area contributed by atoms with Crippen LogP contribution in [-0.2, 0) is 20.7 Å². The molecule has 1 amide bonds. The molecule has 0 aliphatic heterocycles. The summed E-state index contributed by atoms with van der Waals surface area (Å²) in [4.78, 5) is 24.5. The van der Waals surface area contributed by atoms with Gasteiger partial charge in [0.1, 0.15) is 11.3 Å². The van der Waals surface area contributed by atoms with Gasteiger partial charge in [0.15, 0.2) is 6.10 Å². The molecule has 0 saturated heterocycles. The second-order valence-electron chi connectivity index (χ2n) is 6.29. The zero-order chi connectivity index (χ0) is 19.4. The maximum absolute atomic E-state index is 12.2. The third kappa shape index (κ3) is 4.47. The van der Waals surface area contributed by atoms with E-state index in [0.717, 1.165) is 10.9 Å². The Bertz CT molecular complexity index is 976. The van der Waals surface area contributed by atoms with Crippen LogP contribution in [0.3, 0.4) is 0 Å². The van der Waals surface area contributed by atoms with Crippen molar-refractivity contribution in [3.8, 4) is 5.75 Å². The molecule has 0 aliphatic rings. The van der Waals surface area contributed by atoms with Crippen LogP contribution in [0, 0.1) is 6.92 Å². The van der Waals surface area contributed by atoms with Gasteiger partial charge < -0.3 is 19.2 Å². The lowest BCUT2D eigenvalue weighted by molar-refractivity contribution is -0.152. The quantitative estimate of drug-likeness (QED) is 0.669. The van der Waals surface area contributed by atoms with Crippen LogP contribution < -0.4 is 10.1 Å². The topological polar surface area (TPSA) is 77.8 Å². The minimum absolute atomic E-state index is 0.0153. The van der Waals surface area contributed by atoms with E-state index in [2.05, 4.69) is 5.32 Å². The normalized spacial score (nSPS) is 11.8. The highest BCUT2D eigenvalue weighted by Crippen LogP contribution is 2.26. The van der Waals surface area contributed by atoms with Crippen LogP contribution in [0.5, 0.6) is 5.75 Å². The van der Waals surface area contributed by atoms with Crippen molar-refractivity contribution in [1.29, 1.82) is 0 Å². The van der Waals surface area contributed by atoms with Crippen LogP contribution >= 0.6 is 0 Å². The lowest BCUT2D eigenvalue weighted by Gasteiger charge is -2.13. The molecule has 2 aromatic carbocycles. The molecule has 3 aromatic rings. The number of amides is 1. The number of rotatable bonds is 6. The predicted octanol–water partition coefficient (Wildman–Crippen LogP) is 3.86. The molecule has 0 radical (unpaired) electrons. The average Bonchev–Trinajstić information content (AvgIpc) is 3.03. The number of hydrogen-bond donors (Lipinski definition) is 1. The molecule has 6 nitrogen and oxygen atoms in total. The molecule has 0 spiro atoms. The Labute approximate surface area is 157 Å². The fourth-order valence-corrected chi connectivity index (χ4v) is 2.74. The molecule has 0 aliphatic carbocycles. The molecule has 1 atom stereocenters. The van der Waals surface area contributed by atoms with E-state index in [0.29, 0.717) is 22.6 Å². The van der Waals surface area contributed by atoms with E-state index in [1.165, 1.54) is 6.26 Å². The number of nitrogens with one attached hydrogen (secondary N) is 1.